The van der Waals surface area contributed by atoms with Crippen molar-refractivity contribution in [3.8, 4) is 0 Å². The van der Waals surface area contributed by atoms with Gasteiger partial charge in [-0.15, -0.1) is 0 Å². The topological polar surface area (TPSA) is 44.4 Å². The molecule has 1 aromatic rings. The molecule has 1 aromatic carbocycles. The van der Waals surface area contributed by atoms with E-state index in [0.717, 1.165) is 12.1 Å². The van der Waals surface area contributed by atoms with Crippen LogP contribution < -0.4 is 10.6 Å². The van der Waals surface area contributed by atoms with Crippen molar-refractivity contribution in [2.24, 2.45) is 0 Å². The predicted molar refractivity (Wildman–Crippen MR) is 74.3 cm³/mol. The van der Waals surface area contributed by atoms with Gasteiger partial charge in [0.15, 0.2) is 0 Å². The Morgan fingerprint density at radius 1 is 1.28 bits per heavy atom. The average Bonchev–Trinajstić information content (AvgIpc) is 2.37. The molecule has 0 saturated carbocycles. The van der Waals surface area contributed by atoms with Crippen molar-refractivity contribution in [3.05, 3.63) is 35.9 Å². The van der Waals surface area contributed by atoms with E-state index in [2.05, 4.69) is 22.5 Å². The first-order chi connectivity index (χ1) is 8.59. The number of rotatable bonds is 7. The van der Waals surface area contributed by atoms with E-state index in [9.17, 15) is 4.79 Å². The lowest BCUT2D eigenvalue weighted by atomic mass is 10.2. The van der Waals surface area contributed by atoms with Crippen LogP contribution >= 0.6 is 0 Å². The first kappa shape index (κ1) is 14.7. The second kappa shape index (κ2) is 7.84. The van der Waals surface area contributed by atoms with Gasteiger partial charge in [-0.05, 0) is 26.6 Å². The predicted octanol–water partition coefficient (Wildman–Crippen LogP) is 0.842. The van der Waals surface area contributed by atoms with Gasteiger partial charge < -0.3 is 15.5 Å². The summed E-state index contributed by atoms with van der Waals surface area (Å²) >= 11 is 0. The number of nitrogens with zero attached hydrogens (tertiary/aromatic N) is 1. The minimum absolute atomic E-state index is 0.0322. The quantitative estimate of drug-likeness (QED) is 0.753. The molecular formula is C14H23N3O. The van der Waals surface area contributed by atoms with Crippen molar-refractivity contribution in [2.75, 3.05) is 27.2 Å². The highest BCUT2D eigenvalue weighted by atomic mass is 16.1. The lowest BCUT2D eigenvalue weighted by Gasteiger charge is -2.19. The summed E-state index contributed by atoms with van der Waals surface area (Å²) in [5.41, 5.74) is 1.12. The molecule has 0 heterocycles. The summed E-state index contributed by atoms with van der Waals surface area (Å²) in [6, 6.07) is 10.3. The van der Waals surface area contributed by atoms with Crippen LogP contribution in [-0.4, -0.2) is 44.0 Å². The van der Waals surface area contributed by atoms with Gasteiger partial charge in [0.1, 0.15) is 0 Å². The first-order valence-electron chi connectivity index (χ1n) is 6.27. The van der Waals surface area contributed by atoms with Gasteiger partial charge in [0.05, 0.1) is 6.54 Å². The van der Waals surface area contributed by atoms with Crippen LogP contribution in [0.3, 0.4) is 0 Å². The third-order valence-electron chi connectivity index (χ3n) is 2.94. The normalized spacial score (nSPS) is 12.4. The van der Waals surface area contributed by atoms with Gasteiger partial charge in [0, 0.05) is 19.1 Å². The van der Waals surface area contributed by atoms with Crippen LogP contribution in [0.2, 0.25) is 0 Å². The standard InChI is InChI=1S/C14H23N3O/c1-12(17(2)3)9-15-11-14(18)16-10-13-7-5-4-6-8-13/h4-8,12,15H,9-11H2,1-3H3,(H,16,18). The van der Waals surface area contributed by atoms with E-state index in [1.165, 1.54) is 0 Å². The number of nitrogens with one attached hydrogen (secondary N) is 2. The van der Waals surface area contributed by atoms with Crippen molar-refractivity contribution in [2.45, 2.75) is 19.5 Å². The molecule has 18 heavy (non-hydrogen) atoms. The highest BCUT2D eigenvalue weighted by molar-refractivity contribution is 5.77. The second-order valence-electron chi connectivity index (χ2n) is 4.71. The summed E-state index contributed by atoms with van der Waals surface area (Å²) in [6.07, 6.45) is 0. The molecule has 1 rings (SSSR count). The zero-order valence-corrected chi connectivity index (χ0v) is 11.4. The Hall–Kier alpha value is -1.39. The van der Waals surface area contributed by atoms with E-state index in [-0.39, 0.29) is 5.91 Å². The van der Waals surface area contributed by atoms with Crippen molar-refractivity contribution in [3.63, 3.8) is 0 Å². The maximum absolute atomic E-state index is 11.6. The summed E-state index contributed by atoms with van der Waals surface area (Å²) in [7, 11) is 4.06. The molecule has 4 heteroatoms. The molecule has 4 nitrogen and oxygen atoms in total. The van der Waals surface area contributed by atoms with Gasteiger partial charge in [-0.3, -0.25) is 4.79 Å². The molecule has 0 aliphatic rings. The smallest absolute Gasteiger partial charge is 0.234 e. The SMILES string of the molecule is CC(CNCC(=O)NCc1ccccc1)N(C)C. The summed E-state index contributed by atoms with van der Waals surface area (Å²) < 4.78 is 0. The molecule has 0 aliphatic heterocycles. The highest BCUT2D eigenvalue weighted by Gasteiger charge is 2.05. The maximum Gasteiger partial charge on any atom is 0.234 e. The fraction of sp³-hybridized carbons (Fsp3) is 0.500. The number of likely N-dealkylation sites (N-methyl/N-ethyl adjacent to an activating group) is 1. The Labute approximate surface area is 109 Å². The molecule has 1 amide bonds. The number of hydrogen-bond acceptors (Lipinski definition) is 3. The lowest BCUT2D eigenvalue weighted by molar-refractivity contribution is -0.120. The zero-order chi connectivity index (χ0) is 13.4. The molecule has 0 saturated heterocycles. The number of hydrogen-bond donors (Lipinski definition) is 2. The van der Waals surface area contributed by atoms with Crippen LogP contribution in [0.1, 0.15) is 12.5 Å². The van der Waals surface area contributed by atoms with Gasteiger partial charge >= 0.3 is 0 Å². The number of benzene rings is 1. The van der Waals surface area contributed by atoms with Crippen LogP contribution in [0, 0.1) is 0 Å². The van der Waals surface area contributed by atoms with E-state index in [1.54, 1.807) is 0 Å². The molecule has 0 aliphatic carbocycles. The van der Waals surface area contributed by atoms with Crippen LogP contribution in [0.15, 0.2) is 30.3 Å². The maximum atomic E-state index is 11.6. The molecule has 1 unspecified atom stereocenters. The highest BCUT2D eigenvalue weighted by Crippen LogP contribution is 1.96. The number of amides is 1. The van der Waals surface area contributed by atoms with E-state index >= 15 is 0 Å². The van der Waals surface area contributed by atoms with Gasteiger partial charge in [0.25, 0.3) is 0 Å². The Morgan fingerprint density at radius 3 is 2.56 bits per heavy atom. The summed E-state index contributed by atoms with van der Waals surface area (Å²) in [4.78, 5) is 13.7. The van der Waals surface area contributed by atoms with E-state index < -0.39 is 0 Å². The second-order valence-corrected chi connectivity index (χ2v) is 4.71. The van der Waals surface area contributed by atoms with Crippen LogP contribution in [0.25, 0.3) is 0 Å². The zero-order valence-electron chi connectivity index (χ0n) is 11.4. The molecule has 0 radical (unpaired) electrons. The lowest BCUT2D eigenvalue weighted by Crippen LogP contribution is -2.40. The van der Waals surface area contributed by atoms with Crippen LogP contribution in [0.5, 0.6) is 0 Å². The molecule has 1 atom stereocenters. The Kier molecular flexibility index (Phi) is 6.39. The van der Waals surface area contributed by atoms with Gasteiger partial charge in [0.2, 0.25) is 5.91 Å². The molecule has 100 valence electrons. The van der Waals surface area contributed by atoms with Crippen LogP contribution in [-0.2, 0) is 11.3 Å². The number of carbonyl (C=O) groups excluding carboxylic acids is 1. The molecule has 0 bridgehead atoms. The third kappa shape index (κ3) is 5.80. The van der Waals surface area contributed by atoms with Gasteiger partial charge in [-0.25, -0.2) is 0 Å². The van der Waals surface area contributed by atoms with E-state index in [1.807, 2.05) is 44.4 Å². The largest absolute Gasteiger partial charge is 0.351 e. The van der Waals surface area contributed by atoms with Crippen molar-refractivity contribution in [1.29, 1.82) is 0 Å². The molecular weight excluding hydrogens is 226 g/mol. The Bertz CT molecular complexity index is 351. The molecule has 2 N–H and O–H groups in total. The fourth-order valence-electron chi connectivity index (χ4n) is 1.44. The molecule has 0 fully saturated rings. The van der Waals surface area contributed by atoms with Gasteiger partial charge in [-0.1, -0.05) is 30.3 Å². The Morgan fingerprint density at radius 2 is 1.94 bits per heavy atom. The van der Waals surface area contributed by atoms with Crippen LogP contribution in [0.4, 0.5) is 0 Å². The average molecular weight is 249 g/mol. The first-order valence-corrected chi connectivity index (χ1v) is 6.27. The van der Waals surface area contributed by atoms with Crippen molar-refractivity contribution in [1.82, 2.24) is 15.5 Å². The Balaban J connectivity index is 2.15. The van der Waals surface area contributed by atoms with E-state index in [0.29, 0.717) is 19.1 Å². The summed E-state index contributed by atoms with van der Waals surface area (Å²) in [6.45, 7) is 3.89. The number of carbonyl (C=O) groups is 1. The minimum atomic E-state index is 0.0322. The van der Waals surface area contributed by atoms with Crippen molar-refractivity contribution >= 4 is 5.91 Å². The fourth-order valence-corrected chi connectivity index (χ4v) is 1.44. The summed E-state index contributed by atoms with van der Waals surface area (Å²) in [5, 5.41) is 6.04. The van der Waals surface area contributed by atoms with Gasteiger partial charge in [-0.2, -0.15) is 0 Å². The third-order valence-corrected chi connectivity index (χ3v) is 2.94. The monoisotopic (exact) mass is 249 g/mol. The minimum Gasteiger partial charge on any atom is -0.351 e. The summed E-state index contributed by atoms with van der Waals surface area (Å²) in [5.74, 6) is 0.0322. The van der Waals surface area contributed by atoms with E-state index in [4.69, 9.17) is 0 Å². The molecule has 0 aromatic heterocycles. The van der Waals surface area contributed by atoms with Crippen molar-refractivity contribution < 1.29 is 4.79 Å². The molecule has 0 spiro atoms.